The Labute approximate surface area is 124 Å². The Kier molecular flexibility index (Phi) is 4.28. The molecular weight excluding hydrogens is 295 g/mol. The standard InChI is InChI=1S/C15H11FO4S/c1-8-2-4-10(14(17)18)13(6-8)21-12-5-3-9(16)7-11(12)15(19)20/h2-7H,1H3,(H,17,18)(H,19,20). The SMILES string of the molecule is Cc1ccc(C(=O)O)c(Sc2ccc(F)cc2C(=O)O)c1. The highest BCUT2D eigenvalue weighted by atomic mass is 32.2. The summed E-state index contributed by atoms with van der Waals surface area (Å²) in [7, 11) is 0. The van der Waals surface area contributed by atoms with Crippen molar-refractivity contribution in [1.82, 2.24) is 0 Å². The topological polar surface area (TPSA) is 74.6 Å². The molecule has 2 aromatic carbocycles. The highest BCUT2D eigenvalue weighted by molar-refractivity contribution is 7.99. The number of carbonyl (C=O) groups is 2. The first kappa shape index (κ1) is 15.1. The second-order valence-corrected chi connectivity index (χ2v) is 5.44. The lowest BCUT2D eigenvalue weighted by Crippen LogP contribution is -2.02. The molecule has 4 nitrogen and oxygen atoms in total. The van der Waals surface area contributed by atoms with Gasteiger partial charge in [0.15, 0.2) is 0 Å². The lowest BCUT2D eigenvalue weighted by atomic mass is 10.1. The number of aromatic carboxylic acids is 2. The zero-order chi connectivity index (χ0) is 15.6. The Balaban J connectivity index is 2.50. The van der Waals surface area contributed by atoms with Gasteiger partial charge in [0, 0.05) is 9.79 Å². The molecule has 0 saturated carbocycles. The molecule has 0 aliphatic heterocycles. The number of halogens is 1. The number of rotatable bonds is 4. The van der Waals surface area contributed by atoms with Crippen LogP contribution in [0.25, 0.3) is 0 Å². The fourth-order valence-electron chi connectivity index (χ4n) is 1.77. The summed E-state index contributed by atoms with van der Waals surface area (Å²) in [4.78, 5) is 23.1. The molecule has 0 atom stereocenters. The fraction of sp³-hybridized carbons (Fsp3) is 0.0667. The molecule has 0 saturated heterocycles. The van der Waals surface area contributed by atoms with Crippen molar-refractivity contribution in [2.45, 2.75) is 16.7 Å². The van der Waals surface area contributed by atoms with E-state index in [1.807, 2.05) is 0 Å². The normalized spacial score (nSPS) is 10.4. The van der Waals surface area contributed by atoms with E-state index in [9.17, 15) is 14.0 Å². The number of hydrogen-bond acceptors (Lipinski definition) is 3. The van der Waals surface area contributed by atoms with E-state index in [4.69, 9.17) is 10.2 Å². The highest BCUT2D eigenvalue weighted by Crippen LogP contribution is 2.34. The predicted molar refractivity (Wildman–Crippen MR) is 75.6 cm³/mol. The second kappa shape index (κ2) is 5.97. The maximum Gasteiger partial charge on any atom is 0.336 e. The van der Waals surface area contributed by atoms with Crippen LogP contribution in [0.1, 0.15) is 26.3 Å². The summed E-state index contributed by atoms with van der Waals surface area (Å²) >= 11 is 0.992. The predicted octanol–water partition coefficient (Wildman–Crippen LogP) is 3.68. The molecule has 0 heterocycles. The first-order valence-electron chi connectivity index (χ1n) is 5.93. The number of carboxylic acid groups (broad SMARTS) is 2. The number of hydrogen-bond donors (Lipinski definition) is 2. The van der Waals surface area contributed by atoms with Gasteiger partial charge in [0.25, 0.3) is 0 Å². The van der Waals surface area contributed by atoms with Gasteiger partial charge in [-0.05, 0) is 42.8 Å². The van der Waals surface area contributed by atoms with Crippen LogP contribution in [0.5, 0.6) is 0 Å². The Morgan fingerprint density at radius 1 is 0.952 bits per heavy atom. The van der Waals surface area contributed by atoms with Crippen molar-refractivity contribution in [1.29, 1.82) is 0 Å². The minimum Gasteiger partial charge on any atom is -0.478 e. The van der Waals surface area contributed by atoms with E-state index < -0.39 is 17.8 Å². The number of aryl methyl sites for hydroxylation is 1. The Morgan fingerprint density at radius 3 is 2.24 bits per heavy atom. The maximum absolute atomic E-state index is 13.2. The van der Waals surface area contributed by atoms with Crippen LogP contribution in [0, 0.1) is 12.7 Å². The third-order valence-electron chi connectivity index (χ3n) is 2.76. The molecule has 0 aromatic heterocycles. The van der Waals surface area contributed by atoms with Gasteiger partial charge in [0.1, 0.15) is 5.82 Å². The van der Waals surface area contributed by atoms with Gasteiger partial charge in [0.2, 0.25) is 0 Å². The van der Waals surface area contributed by atoms with Gasteiger partial charge in [-0.3, -0.25) is 0 Å². The molecule has 108 valence electrons. The average molecular weight is 306 g/mol. The van der Waals surface area contributed by atoms with Crippen molar-refractivity contribution in [3.63, 3.8) is 0 Å². The van der Waals surface area contributed by atoms with Crippen molar-refractivity contribution in [2.24, 2.45) is 0 Å². The molecule has 0 unspecified atom stereocenters. The monoisotopic (exact) mass is 306 g/mol. The molecule has 2 aromatic rings. The van der Waals surface area contributed by atoms with E-state index >= 15 is 0 Å². The van der Waals surface area contributed by atoms with E-state index in [0.29, 0.717) is 4.90 Å². The average Bonchev–Trinajstić information content (AvgIpc) is 2.40. The van der Waals surface area contributed by atoms with Gasteiger partial charge in [0.05, 0.1) is 11.1 Å². The first-order chi connectivity index (χ1) is 9.88. The van der Waals surface area contributed by atoms with Crippen LogP contribution in [0.15, 0.2) is 46.2 Å². The summed E-state index contributed by atoms with van der Waals surface area (Å²) in [5, 5.41) is 18.3. The Morgan fingerprint density at radius 2 is 1.62 bits per heavy atom. The zero-order valence-electron chi connectivity index (χ0n) is 11.0. The minimum atomic E-state index is -1.26. The van der Waals surface area contributed by atoms with Gasteiger partial charge in [-0.15, -0.1) is 0 Å². The van der Waals surface area contributed by atoms with Crippen LogP contribution >= 0.6 is 11.8 Å². The van der Waals surface area contributed by atoms with Gasteiger partial charge in [-0.25, -0.2) is 14.0 Å². The Hall–Kier alpha value is -2.34. The van der Waals surface area contributed by atoms with Crippen molar-refractivity contribution in [3.8, 4) is 0 Å². The molecule has 21 heavy (non-hydrogen) atoms. The molecule has 0 radical (unpaired) electrons. The van der Waals surface area contributed by atoms with E-state index in [-0.39, 0.29) is 16.0 Å². The van der Waals surface area contributed by atoms with E-state index in [1.165, 1.54) is 12.1 Å². The lowest BCUT2D eigenvalue weighted by Gasteiger charge is -2.09. The lowest BCUT2D eigenvalue weighted by molar-refractivity contribution is 0.0683. The molecule has 6 heteroatoms. The van der Waals surface area contributed by atoms with Crippen LogP contribution in [0.3, 0.4) is 0 Å². The van der Waals surface area contributed by atoms with Crippen LogP contribution in [0.4, 0.5) is 4.39 Å². The van der Waals surface area contributed by atoms with Crippen molar-refractivity contribution in [3.05, 3.63) is 58.9 Å². The van der Waals surface area contributed by atoms with Crippen LogP contribution in [0.2, 0.25) is 0 Å². The Bertz CT molecular complexity index is 728. The van der Waals surface area contributed by atoms with Crippen molar-refractivity contribution < 1.29 is 24.2 Å². The smallest absolute Gasteiger partial charge is 0.336 e. The molecule has 2 N–H and O–H groups in total. The summed E-state index contributed by atoms with van der Waals surface area (Å²) in [5.41, 5.74) is 0.727. The van der Waals surface area contributed by atoms with Crippen molar-refractivity contribution in [2.75, 3.05) is 0 Å². The molecule has 0 aliphatic carbocycles. The summed E-state index contributed by atoms with van der Waals surface area (Å²) in [6.45, 7) is 1.80. The second-order valence-electron chi connectivity index (χ2n) is 4.35. The van der Waals surface area contributed by atoms with Crippen LogP contribution in [-0.4, -0.2) is 22.2 Å². The molecule has 2 rings (SSSR count). The third-order valence-corrected chi connectivity index (χ3v) is 3.89. The summed E-state index contributed by atoms with van der Waals surface area (Å²) in [5.74, 6) is -3.02. The van der Waals surface area contributed by atoms with Gasteiger partial charge < -0.3 is 10.2 Å². The first-order valence-corrected chi connectivity index (χ1v) is 6.75. The van der Waals surface area contributed by atoms with Crippen LogP contribution < -0.4 is 0 Å². The summed E-state index contributed by atoms with van der Waals surface area (Å²) in [6, 6.07) is 8.17. The number of benzene rings is 2. The quantitative estimate of drug-likeness (QED) is 0.901. The third kappa shape index (κ3) is 3.41. The van der Waals surface area contributed by atoms with E-state index in [2.05, 4.69) is 0 Å². The van der Waals surface area contributed by atoms with Gasteiger partial charge in [-0.2, -0.15) is 0 Å². The van der Waals surface area contributed by atoms with Crippen LogP contribution in [-0.2, 0) is 0 Å². The van der Waals surface area contributed by atoms with Gasteiger partial charge >= 0.3 is 11.9 Å². The molecule has 0 fully saturated rings. The van der Waals surface area contributed by atoms with Crippen molar-refractivity contribution >= 4 is 23.7 Å². The molecule has 0 aliphatic rings. The molecule has 0 bridgehead atoms. The highest BCUT2D eigenvalue weighted by Gasteiger charge is 2.16. The van der Waals surface area contributed by atoms with Gasteiger partial charge in [-0.1, -0.05) is 17.8 Å². The number of carboxylic acids is 2. The van der Waals surface area contributed by atoms with E-state index in [0.717, 1.165) is 29.5 Å². The minimum absolute atomic E-state index is 0.0752. The maximum atomic E-state index is 13.2. The molecular formula is C15H11FO4S. The zero-order valence-corrected chi connectivity index (χ0v) is 11.8. The molecule has 0 amide bonds. The van der Waals surface area contributed by atoms with E-state index in [1.54, 1.807) is 19.1 Å². The fourth-order valence-corrected chi connectivity index (χ4v) is 2.91. The molecule has 0 spiro atoms. The largest absolute Gasteiger partial charge is 0.478 e. The summed E-state index contributed by atoms with van der Waals surface area (Å²) in [6.07, 6.45) is 0. The summed E-state index contributed by atoms with van der Waals surface area (Å²) < 4.78 is 13.2.